The van der Waals surface area contributed by atoms with Gasteiger partial charge in [0.2, 0.25) is 0 Å². The number of hydrogen-bond donors (Lipinski definition) is 2. The molecular weight excluding hydrogens is 320 g/mol. The highest BCUT2D eigenvalue weighted by atomic mass is 16.5. The predicted octanol–water partition coefficient (Wildman–Crippen LogP) is 4.31. The number of aliphatic hydroxyl groups is 1. The third-order valence-corrected chi connectivity index (χ3v) is 5.19. The van der Waals surface area contributed by atoms with E-state index in [0.717, 1.165) is 25.7 Å². The number of carboxylic acids is 1. The molecule has 5 heteroatoms. The molecule has 1 rings (SSSR count). The Morgan fingerprint density at radius 3 is 2.12 bits per heavy atom. The second kappa shape index (κ2) is 13.2. The number of unbranched alkanes of at least 4 members (excludes halogenated alkanes) is 7. The summed E-state index contributed by atoms with van der Waals surface area (Å²) in [6.07, 6.45) is 12.5. The molecule has 25 heavy (non-hydrogen) atoms. The molecule has 1 fully saturated rings. The smallest absolute Gasteiger partial charge is 0.309 e. The topological polar surface area (TPSA) is 83.8 Å². The highest BCUT2D eigenvalue weighted by Crippen LogP contribution is 2.31. The quantitative estimate of drug-likeness (QED) is 0.379. The zero-order chi connectivity index (χ0) is 18.5. The molecule has 0 aromatic heterocycles. The minimum atomic E-state index is -0.916. The van der Waals surface area contributed by atoms with Crippen molar-refractivity contribution >= 4 is 11.9 Å². The van der Waals surface area contributed by atoms with Gasteiger partial charge < -0.3 is 14.9 Å². The van der Waals surface area contributed by atoms with Crippen LogP contribution in [0, 0.1) is 11.8 Å². The molecular formula is C20H36O5. The van der Waals surface area contributed by atoms with Crippen LogP contribution < -0.4 is 0 Å². The van der Waals surface area contributed by atoms with Gasteiger partial charge in [-0.3, -0.25) is 9.59 Å². The van der Waals surface area contributed by atoms with Crippen molar-refractivity contribution in [3.05, 3.63) is 0 Å². The zero-order valence-corrected chi connectivity index (χ0v) is 15.8. The van der Waals surface area contributed by atoms with E-state index in [1.807, 2.05) is 0 Å². The molecule has 0 bridgehead atoms. The fraction of sp³-hybridized carbons (Fsp3) is 0.900. The molecule has 0 radical (unpaired) electrons. The van der Waals surface area contributed by atoms with Gasteiger partial charge in [0.1, 0.15) is 6.61 Å². The van der Waals surface area contributed by atoms with Crippen LogP contribution in [-0.4, -0.2) is 34.9 Å². The Labute approximate surface area is 152 Å². The van der Waals surface area contributed by atoms with Crippen molar-refractivity contribution in [2.24, 2.45) is 11.8 Å². The van der Waals surface area contributed by atoms with Gasteiger partial charge in [0.05, 0.1) is 17.9 Å². The molecule has 0 heterocycles. The molecule has 0 aliphatic heterocycles. The third-order valence-electron chi connectivity index (χ3n) is 5.19. The Kier molecular flexibility index (Phi) is 11.5. The number of carbonyl (C=O) groups is 2. The monoisotopic (exact) mass is 356 g/mol. The highest BCUT2D eigenvalue weighted by molar-refractivity contribution is 5.81. The average molecular weight is 357 g/mol. The van der Waals surface area contributed by atoms with Crippen LogP contribution in [0.25, 0.3) is 0 Å². The minimum Gasteiger partial charge on any atom is -0.481 e. The highest BCUT2D eigenvalue weighted by Gasteiger charge is 2.36. The maximum Gasteiger partial charge on any atom is 0.309 e. The second-order valence-corrected chi connectivity index (χ2v) is 7.38. The lowest BCUT2D eigenvalue weighted by Crippen LogP contribution is -2.35. The van der Waals surface area contributed by atoms with E-state index in [0.29, 0.717) is 19.3 Å². The molecule has 3 unspecified atom stereocenters. The van der Waals surface area contributed by atoms with E-state index in [1.165, 1.54) is 38.5 Å². The maximum absolute atomic E-state index is 12.1. The van der Waals surface area contributed by atoms with Crippen molar-refractivity contribution in [3.8, 4) is 0 Å². The van der Waals surface area contributed by atoms with Gasteiger partial charge in [-0.05, 0) is 19.3 Å². The summed E-state index contributed by atoms with van der Waals surface area (Å²) >= 11 is 0. The van der Waals surface area contributed by atoms with E-state index in [2.05, 4.69) is 6.92 Å². The van der Waals surface area contributed by atoms with Crippen molar-refractivity contribution in [1.82, 2.24) is 0 Å². The van der Waals surface area contributed by atoms with Gasteiger partial charge in [-0.2, -0.15) is 0 Å². The van der Waals surface area contributed by atoms with Crippen molar-refractivity contribution in [1.29, 1.82) is 0 Å². The van der Waals surface area contributed by atoms with E-state index in [9.17, 15) is 19.8 Å². The largest absolute Gasteiger partial charge is 0.481 e. The average Bonchev–Trinajstić information content (AvgIpc) is 2.61. The first-order valence-electron chi connectivity index (χ1n) is 10.1. The van der Waals surface area contributed by atoms with Gasteiger partial charge in [0.15, 0.2) is 0 Å². The SMILES string of the molecule is CCCCCCCCCCC(O)COC(=O)C1CCCCC1C(=O)O. The number of carboxylic acid groups (broad SMARTS) is 1. The summed E-state index contributed by atoms with van der Waals surface area (Å²) in [5.41, 5.74) is 0. The van der Waals surface area contributed by atoms with Crippen molar-refractivity contribution in [3.63, 3.8) is 0 Å². The number of aliphatic carboxylic acids is 1. The standard InChI is InChI=1S/C20H36O5/c1-2-3-4-5-6-7-8-9-12-16(21)15-25-20(24)18-14-11-10-13-17(18)19(22)23/h16-18,21H,2-15H2,1H3,(H,22,23). The number of rotatable bonds is 13. The first-order valence-corrected chi connectivity index (χ1v) is 10.1. The van der Waals surface area contributed by atoms with Gasteiger partial charge in [-0.25, -0.2) is 0 Å². The lowest BCUT2D eigenvalue weighted by molar-refractivity contribution is -0.161. The maximum atomic E-state index is 12.1. The molecule has 0 spiro atoms. The van der Waals surface area contributed by atoms with Gasteiger partial charge in [-0.1, -0.05) is 71.1 Å². The van der Waals surface area contributed by atoms with Crippen LogP contribution in [0.15, 0.2) is 0 Å². The molecule has 3 atom stereocenters. The summed E-state index contributed by atoms with van der Waals surface area (Å²) in [4.78, 5) is 23.4. The third kappa shape index (κ3) is 9.24. The molecule has 0 aromatic carbocycles. The first kappa shape index (κ1) is 21.9. The Morgan fingerprint density at radius 1 is 0.960 bits per heavy atom. The van der Waals surface area contributed by atoms with E-state index < -0.39 is 29.9 Å². The van der Waals surface area contributed by atoms with Crippen molar-refractivity contribution in [2.45, 2.75) is 96.5 Å². The molecule has 146 valence electrons. The Balaban J connectivity index is 2.11. The van der Waals surface area contributed by atoms with E-state index in [1.54, 1.807) is 0 Å². The van der Waals surface area contributed by atoms with E-state index in [-0.39, 0.29) is 6.61 Å². The fourth-order valence-electron chi connectivity index (χ4n) is 3.59. The second-order valence-electron chi connectivity index (χ2n) is 7.38. The summed E-state index contributed by atoms with van der Waals surface area (Å²) in [7, 11) is 0. The number of aliphatic hydroxyl groups excluding tert-OH is 1. The molecule has 0 saturated heterocycles. The molecule has 1 aliphatic rings. The number of ether oxygens (including phenoxy) is 1. The van der Waals surface area contributed by atoms with Crippen molar-refractivity contribution in [2.75, 3.05) is 6.61 Å². The number of carbonyl (C=O) groups excluding carboxylic acids is 1. The van der Waals surface area contributed by atoms with Gasteiger partial charge in [-0.15, -0.1) is 0 Å². The summed E-state index contributed by atoms with van der Waals surface area (Å²) in [6.45, 7) is 2.20. The fourth-order valence-corrected chi connectivity index (χ4v) is 3.59. The Bertz CT molecular complexity index is 382. The Hall–Kier alpha value is -1.10. The van der Waals surface area contributed by atoms with E-state index in [4.69, 9.17) is 4.74 Å². The molecule has 1 saturated carbocycles. The van der Waals surface area contributed by atoms with Crippen molar-refractivity contribution < 1.29 is 24.5 Å². The van der Waals surface area contributed by atoms with E-state index >= 15 is 0 Å². The van der Waals surface area contributed by atoms with Crippen LogP contribution in [0.1, 0.15) is 90.4 Å². The summed E-state index contributed by atoms with van der Waals surface area (Å²) in [5, 5.41) is 19.2. The van der Waals surface area contributed by atoms with Crippen LogP contribution in [0.2, 0.25) is 0 Å². The van der Waals surface area contributed by atoms with Gasteiger partial charge in [0, 0.05) is 0 Å². The normalized spacial score (nSPS) is 21.7. The molecule has 0 amide bonds. The molecule has 1 aliphatic carbocycles. The summed E-state index contributed by atoms with van der Waals surface area (Å²) < 4.78 is 5.19. The first-order chi connectivity index (χ1) is 12.1. The number of esters is 1. The molecule has 2 N–H and O–H groups in total. The Morgan fingerprint density at radius 2 is 1.52 bits per heavy atom. The molecule has 0 aromatic rings. The summed E-state index contributed by atoms with van der Waals surface area (Å²) in [6, 6.07) is 0. The van der Waals surface area contributed by atoms with Gasteiger partial charge >= 0.3 is 11.9 Å². The summed E-state index contributed by atoms with van der Waals surface area (Å²) in [5.74, 6) is -2.56. The molecule has 5 nitrogen and oxygen atoms in total. The van der Waals surface area contributed by atoms with Crippen LogP contribution in [0.5, 0.6) is 0 Å². The zero-order valence-electron chi connectivity index (χ0n) is 15.8. The lowest BCUT2D eigenvalue weighted by atomic mass is 9.79. The minimum absolute atomic E-state index is 0.0157. The van der Waals surface area contributed by atoms with Crippen LogP contribution >= 0.6 is 0 Å². The van der Waals surface area contributed by atoms with Gasteiger partial charge in [0.25, 0.3) is 0 Å². The predicted molar refractivity (Wildman–Crippen MR) is 97.3 cm³/mol. The van der Waals surface area contributed by atoms with Crippen LogP contribution in [-0.2, 0) is 14.3 Å². The lowest BCUT2D eigenvalue weighted by Gasteiger charge is -2.27. The van der Waals surface area contributed by atoms with Crippen LogP contribution in [0.3, 0.4) is 0 Å². The van der Waals surface area contributed by atoms with Crippen LogP contribution in [0.4, 0.5) is 0 Å². The number of hydrogen-bond acceptors (Lipinski definition) is 4.